The fraction of sp³-hybridized carbons (Fsp3) is 0.448. The second kappa shape index (κ2) is 11.9. The molecule has 13 heteroatoms. The van der Waals surface area contributed by atoms with E-state index in [9.17, 15) is 9.50 Å². The number of anilines is 3. The number of rotatable bonds is 13. The second-order valence-electron chi connectivity index (χ2n) is 12.3. The maximum absolute atomic E-state index is 15.1. The highest BCUT2D eigenvalue weighted by molar-refractivity contribution is 6.76. The summed E-state index contributed by atoms with van der Waals surface area (Å²) in [7, 11) is 2.47. The third-order valence-corrected chi connectivity index (χ3v) is 9.18. The molecular weight excluding hydrogens is 558 g/mol. The van der Waals surface area contributed by atoms with E-state index in [1.54, 1.807) is 24.0 Å². The summed E-state index contributed by atoms with van der Waals surface area (Å²) in [5, 5.41) is 21.0. The van der Waals surface area contributed by atoms with Crippen molar-refractivity contribution in [2.24, 2.45) is 12.5 Å². The van der Waals surface area contributed by atoms with Crippen LogP contribution < -0.4 is 10.2 Å². The number of hydrogen-bond acceptors (Lipinski definition) is 8. The minimum atomic E-state index is -1.23. The number of pyridine rings is 1. The van der Waals surface area contributed by atoms with Gasteiger partial charge in [-0.15, -0.1) is 10.2 Å². The van der Waals surface area contributed by atoms with Gasteiger partial charge in [-0.25, -0.2) is 18.7 Å². The van der Waals surface area contributed by atoms with Gasteiger partial charge in [-0.05, 0) is 49.2 Å². The van der Waals surface area contributed by atoms with Crippen molar-refractivity contribution in [3.8, 4) is 22.5 Å². The van der Waals surface area contributed by atoms with Crippen LogP contribution in [0.1, 0.15) is 12.8 Å². The van der Waals surface area contributed by atoms with Gasteiger partial charge in [0.15, 0.2) is 5.82 Å². The number of nitrogens with zero attached hydrogens (tertiary/aromatic N) is 7. The Labute approximate surface area is 245 Å². The van der Waals surface area contributed by atoms with Crippen LogP contribution in [-0.2, 0) is 18.5 Å². The molecular formula is C29H38F2N8O2Si. The molecule has 0 aliphatic heterocycles. The number of aryl methyl sites for hydroxylation is 1. The van der Waals surface area contributed by atoms with E-state index in [1.807, 2.05) is 24.1 Å². The first-order valence-corrected chi connectivity index (χ1v) is 17.7. The van der Waals surface area contributed by atoms with Crippen LogP contribution in [0.25, 0.3) is 22.5 Å². The first kappa shape index (κ1) is 29.8. The molecule has 0 unspecified atom stereocenters. The Morgan fingerprint density at radius 1 is 1.12 bits per heavy atom. The zero-order chi connectivity index (χ0) is 30.1. The van der Waals surface area contributed by atoms with Crippen LogP contribution in [0.5, 0.6) is 0 Å². The number of aliphatic hydroxyl groups excluding tert-OH is 1. The van der Waals surface area contributed by atoms with Gasteiger partial charge < -0.3 is 20.1 Å². The summed E-state index contributed by atoms with van der Waals surface area (Å²) in [4.78, 5) is 11.2. The molecule has 0 spiro atoms. The number of aromatic nitrogens is 6. The predicted molar refractivity (Wildman–Crippen MR) is 161 cm³/mol. The standard InChI is InChI=1S/C29H38F2N8O2Si/c1-37(17-29(18-40)10-11-29)25-9-6-20(15-32-25)27-34-28(38(2)36-27)33-21-7-8-22(24(30)14-21)23-16-39(35-26(23)31)19-41-12-13-42(3,4)5/h6-9,14-16,40H,10-13,17-19H2,1-5H3,(H,33,34,36). The van der Waals surface area contributed by atoms with Gasteiger partial charge in [0.05, 0.1) is 12.2 Å². The highest BCUT2D eigenvalue weighted by Gasteiger charge is 2.43. The van der Waals surface area contributed by atoms with Gasteiger partial charge in [0, 0.05) is 69.9 Å². The molecule has 4 aromatic rings. The SMILES string of the molecule is CN(CC1(CO)CC1)c1ccc(-c2nc(Nc3ccc(-c4cn(COCC[Si](C)(C)C)nc4F)c(F)c3)n(C)n2)cn1. The zero-order valence-electron chi connectivity index (χ0n) is 24.7. The number of halogens is 2. The maximum atomic E-state index is 15.1. The van der Waals surface area contributed by atoms with Gasteiger partial charge in [-0.2, -0.15) is 9.37 Å². The fourth-order valence-corrected chi connectivity index (χ4v) is 5.36. The minimum Gasteiger partial charge on any atom is -0.396 e. The van der Waals surface area contributed by atoms with Crippen molar-refractivity contribution in [2.75, 3.05) is 37.0 Å². The number of ether oxygens (including phenoxy) is 1. The van der Waals surface area contributed by atoms with Crippen LogP contribution >= 0.6 is 0 Å². The fourth-order valence-electron chi connectivity index (χ4n) is 4.61. The van der Waals surface area contributed by atoms with Crippen molar-refractivity contribution in [1.29, 1.82) is 0 Å². The Morgan fingerprint density at radius 3 is 2.55 bits per heavy atom. The molecule has 0 radical (unpaired) electrons. The molecule has 0 amide bonds. The van der Waals surface area contributed by atoms with E-state index in [-0.39, 0.29) is 29.9 Å². The van der Waals surface area contributed by atoms with Crippen molar-refractivity contribution in [3.05, 3.63) is 54.5 Å². The Morgan fingerprint density at radius 2 is 1.90 bits per heavy atom. The first-order chi connectivity index (χ1) is 19.9. The molecule has 1 fully saturated rings. The van der Waals surface area contributed by atoms with Crippen molar-refractivity contribution in [2.45, 2.75) is 45.3 Å². The van der Waals surface area contributed by atoms with Crippen LogP contribution in [0.3, 0.4) is 0 Å². The summed E-state index contributed by atoms with van der Waals surface area (Å²) in [6.07, 6.45) is 5.23. The molecule has 1 aliphatic rings. The number of hydrogen-bond donors (Lipinski definition) is 2. The maximum Gasteiger partial charge on any atom is 0.240 e. The Bertz CT molecular complexity index is 1530. The topological polar surface area (TPSA) is 106 Å². The lowest BCUT2D eigenvalue weighted by molar-refractivity contribution is 0.0774. The van der Waals surface area contributed by atoms with E-state index in [0.29, 0.717) is 24.1 Å². The lowest BCUT2D eigenvalue weighted by Gasteiger charge is -2.23. The van der Waals surface area contributed by atoms with E-state index < -0.39 is 19.8 Å². The monoisotopic (exact) mass is 596 g/mol. The van der Waals surface area contributed by atoms with Crippen molar-refractivity contribution in [1.82, 2.24) is 29.5 Å². The van der Waals surface area contributed by atoms with E-state index >= 15 is 4.39 Å². The van der Waals surface area contributed by atoms with Crippen LogP contribution in [-0.4, -0.2) is 69.5 Å². The molecule has 0 atom stereocenters. The highest BCUT2D eigenvalue weighted by atomic mass is 28.3. The molecule has 0 bridgehead atoms. The number of aliphatic hydroxyl groups is 1. The molecule has 3 heterocycles. The van der Waals surface area contributed by atoms with Gasteiger partial charge in [0.1, 0.15) is 18.4 Å². The Kier molecular flexibility index (Phi) is 8.44. The van der Waals surface area contributed by atoms with E-state index in [1.165, 1.54) is 23.0 Å². The highest BCUT2D eigenvalue weighted by Crippen LogP contribution is 2.45. The minimum absolute atomic E-state index is 0.00616. The molecule has 1 aromatic carbocycles. The quantitative estimate of drug-likeness (QED) is 0.159. The third kappa shape index (κ3) is 7.02. The lowest BCUT2D eigenvalue weighted by atomic mass is 10.1. The average Bonchev–Trinajstić information content (AvgIpc) is 3.49. The van der Waals surface area contributed by atoms with Gasteiger partial charge in [0.25, 0.3) is 0 Å². The normalized spacial score (nSPS) is 14.3. The average molecular weight is 597 g/mol. The first-order valence-electron chi connectivity index (χ1n) is 14.0. The van der Waals surface area contributed by atoms with Crippen LogP contribution in [0.4, 0.5) is 26.2 Å². The molecule has 42 heavy (non-hydrogen) atoms. The van der Waals surface area contributed by atoms with Crippen molar-refractivity contribution >= 4 is 25.5 Å². The smallest absolute Gasteiger partial charge is 0.240 e. The van der Waals surface area contributed by atoms with Gasteiger partial charge >= 0.3 is 0 Å². The molecule has 1 aliphatic carbocycles. The summed E-state index contributed by atoms with van der Waals surface area (Å²) < 4.78 is 38.3. The summed E-state index contributed by atoms with van der Waals surface area (Å²) in [5.41, 5.74) is 1.34. The predicted octanol–water partition coefficient (Wildman–Crippen LogP) is 5.28. The van der Waals surface area contributed by atoms with Crippen molar-refractivity contribution in [3.63, 3.8) is 0 Å². The largest absolute Gasteiger partial charge is 0.396 e. The van der Waals surface area contributed by atoms with E-state index in [4.69, 9.17) is 4.74 Å². The Balaban J connectivity index is 1.23. The van der Waals surface area contributed by atoms with Gasteiger partial charge in [-0.1, -0.05) is 19.6 Å². The molecule has 5 rings (SSSR count). The second-order valence-corrected chi connectivity index (χ2v) is 18.0. The molecule has 224 valence electrons. The van der Waals surface area contributed by atoms with Crippen LogP contribution in [0, 0.1) is 17.2 Å². The summed E-state index contributed by atoms with van der Waals surface area (Å²) in [6.45, 7) is 8.40. The summed E-state index contributed by atoms with van der Waals surface area (Å²) in [5.74, 6) is 0.326. The van der Waals surface area contributed by atoms with Crippen LogP contribution in [0.2, 0.25) is 25.7 Å². The third-order valence-electron chi connectivity index (χ3n) is 7.48. The lowest BCUT2D eigenvalue weighted by Crippen LogP contribution is -2.29. The molecule has 10 nitrogen and oxygen atoms in total. The summed E-state index contributed by atoms with van der Waals surface area (Å²) >= 11 is 0. The number of benzene rings is 1. The number of nitrogens with one attached hydrogen (secondary N) is 1. The molecule has 3 aromatic heterocycles. The molecule has 1 saturated carbocycles. The van der Waals surface area contributed by atoms with E-state index in [0.717, 1.165) is 36.8 Å². The summed E-state index contributed by atoms with van der Waals surface area (Å²) in [6, 6.07) is 9.24. The molecule has 2 N–H and O–H groups in total. The van der Waals surface area contributed by atoms with Crippen molar-refractivity contribution < 1.29 is 18.6 Å². The Hall–Kier alpha value is -3.68. The van der Waals surface area contributed by atoms with Crippen LogP contribution in [0.15, 0.2) is 42.7 Å². The van der Waals surface area contributed by atoms with E-state index in [2.05, 4.69) is 45.1 Å². The van der Waals surface area contributed by atoms with Gasteiger partial charge in [0.2, 0.25) is 11.9 Å². The molecule has 0 saturated heterocycles. The zero-order valence-corrected chi connectivity index (χ0v) is 25.7. The van der Waals surface area contributed by atoms with Gasteiger partial charge in [-0.3, -0.25) is 0 Å².